The van der Waals surface area contributed by atoms with Crippen molar-refractivity contribution in [2.45, 2.75) is 25.6 Å². The van der Waals surface area contributed by atoms with E-state index in [-0.39, 0.29) is 6.10 Å². The fourth-order valence-corrected chi connectivity index (χ4v) is 1.92. The molecule has 1 fully saturated rings. The Kier molecular flexibility index (Phi) is 3.55. The summed E-state index contributed by atoms with van der Waals surface area (Å²) < 4.78 is 5.40. The lowest BCUT2D eigenvalue weighted by Crippen LogP contribution is -2.47. The molecule has 0 bridgehead atoms. The number of hydrogen-bond donors (Lipinski definition) is 0. The number of benzene rings is 1. The number of hydrogen-bond acceptors (Lipinski definition) is 3. The van der Waals surface area contributed by atoms with E-state index in [1.807, 2.05) is 18.2 Å². The molecule has 0 N–H and O–H groups in total. The van der Waals surface area contributed by atoms with Crippen LogP contribution in [0.2, 0.25) is 0 Å². The smallest absolute Gasteiger partial charge is 0.156 e. The highest BCUT2D eigenvalue weighted by molar-refractivity contribution is 5.14. The Bertz CT molecular complexity index is 371. The molecule has 84 valence electrons. The summed E-state index contributed by atoms with van der Waals surface area (Å²) in [5, 5.41) is 8.86. The van der Waals surface area contributed by atoms with Crippen LogP contribution in [0, 0.1) is 11.3 Å². The van der Waals surface area contributed by atoms with Crippen LogP contribution < -0.4 is 0 Å². The van der Waals surface area contributed by atoms with Crippen LogP contribution >= 0.6 is 0 Å². The molecule has 1 aromatic rings. The van der Waals surface area contributed by atoms with Crippen molar-refractivity contribution in [2.24, 2.45) is 0 Å². The van der Waals surface area contributed by atoms with Crippen LogP contribution in [-0.4, -0.2) is 30.2 Å². The molecule has 3 heteroatoms. The first kappa shape index (κ1) is 11.1. The maximum atomic E-state index is 8.86. The van der Waals surface area contributed by atoms with Crippen LogP contribution in [0.5, 0.6) is 0 Å². The normalized spacial score (nSPS) is 26.2. The molecule has 16 heavy (non-hydrogen) atoms. The first-order valence-electron chi connectivity index (χ1n) is 5.59. The molecule has 0 saturated carbocycles. The third kappa shape index (κ3) is 2.60. The third-order valence-corrected chi connectivity index (χ3v) is 2.93. The van der Waals surface area contributed by atoms with Gasteiger partial charge in [0, 0.05) is 19.1 Å². The second-order valence-electron chi connectivity index (χ2n) is 4.22. The highest BCUT2D eigenvalue weighted by atomic mass is 16.5. The van der Waals surface area contributed by atoms with Crippen LogP contribution in [0.25, 0.3) is 0 Å². The molecule has 0 aliphatic carbocycles. The molecule has 0 amide bonds. The Labute approximate surface area is 96.2 Å². The number of morpholine rings is 1. The molecule has 0 radical (unpaired) electrons. The Hall–Kier alpha value is -1.37. The van der Waals surface area contributed by atoms with Gasteiger partial charge < -0.3 is 4.74 Å². The summed E-state index contributed by atoms with van der Waals surface area (Å²) in [5.74, 6) is 0. The van der Waals surface area contributed by atoms with Crippen molar-refractivity contribution in [1.29, 1.82) is 5.26 Å². The minimum absolute atomic E-state index is 0.278. The maximum absolute atomic E-state index is 8.86. The topological polar surface area (TPSA) is 36.3 Å². The second kappa shape index (κ2) is 5.11. The van der Waals surface area contributed by atoms with Crippen molar-refractivity contribution >= 4 is 0 Å². The molecule has 1 aromatic carbocycles. The number of nitrogens with zero attached hydrogens (tertiary/aromatic N) is 2. The van der Waals surface area contributed by atoms with Crippen LogP contribution in [0.1, 0.15) is 12.5 Å². The minimum atomic E-state index is -0.278. The van der Waals surface area contributed by atoms with E-state index in [0.29, 0.717) is 19.2 Å². The molecular weight excluding hydrogens is 200 g/mol. The van der Waals surface area contributed by atoms with Gasteiger partial charge in [-0.25, -0.2) is 0 Å². The van der Waals surface area contributed by atoms with Gasteiger partial charge in [0.05, 0.1) is 12.7 Å². The standard InChI is InChI=1S/C13H16N2O/c1-11-10-16-13(7-14)9-15(11)8-12-5-3-2-4-6-12/h2-6,11,13H,8-10H2,1H3/t11-,13+/m1/s1. The van der Waals surface area contributed by atoms with Crippen LogP contribution in [0.15, 0.2) is 30.3 Å². The molecule has 0 unspecified atom stereocenters. The van der Waals surface area contributed by atoms with Gasteiger partial charge >= 0.3 is 0 Å². The largest absolute Gasteiger partial charge is 0.360 e. The lowest BCUT2D eigenvalue weighted by atomic mass is 10.1. The summed E-state index contributed by atoms with van der Waals surface area (Å²) in [6, 6.07) is 12.9. The summed E-state index contributed by atoms with van der Waals surface area (Å²) in [6.45, 7) is 4.37. The fraction of sp³-hybridized carbons (Fsp3) is 0.462. The predicted octanol–water partition coefficient (Wildman–Crippen LogP) is 1.80. The first-order valence-corrected chi connectivity index (χ1v) is 5.59. The SMILES string of the molecule is C[C@@H]1CO[C@@H](C#N)CN1Cc1ccccc1. The fourth-order valence-electron chi connectivity index (χ4n) is 1.92. The summed E-state index contributed by atoms with van der Waals surface area (Å²) in [6.07, 6.45) is -0.278. The van der Waals surface area contributed by atoms with Gasteiger partial charge in [-0.1, -0.05) is 30.3 Å². The van der Waals surface area contributed by atoms with E-state index >= 15 is 0 Å². The molecule has 1 aliphatic rings. The van der Waals surface area contributed by atoms with Crippen LogP contribution in [0.4, 0.5) is 0 Å². The van der Waals surface area contributed by atoms with Crippen molar-refractivity contribution in [3.63, 3.8) is 0 Å². The van der Waals surface area contributed by atoms with Gasteiger partial charge in [-0.15, -0.1) is 0 Å². The third-order valence-electron chi connectivity index (χ3n) is 2.93. The van der Waals surface area contributed by atoms with E-state index in [1.54, 1.807) is 0 Å². The second-order valence-corrected chi connectivity index (χ2v) is 4.22. The van der Waals surface area contributed by atoms with E-state index in [0.717, 1.165) is 6.54 Å². The number of ether oxygens (including phenoxy) is 1. The highest BCUT2D eigenvalue weighted by Crippen LogP contribution is 2.14. The zero-order valence-electron chi connectivity index (χ0n) is 9.47. The van der Waals surface area contributed by atoms with Crippen LogP contribution in [0.3, 0.4) is 0 Å². The molecule has 1 saturated heterocycles. The van der Waals surface area contributed by atoms with Crippen LogP contribution in [-0.2, 0) is 11.3 Å². The summed E-state index contributed by atoms with van der Waals surface area (Å²) in [5.41, 5.74) is 1.29. The van der Waals surface area contributed by atoms with E-state index in [2.05, 4.69) is 30.0 Å². The van der Waals surface area contributed by atoms with Crippen molar-refractivity contribution < 1.29 is 4.74 Å². The molecule has 0 aromatic heterocycles. The van der Waals surface area contributed by atoms with Gasteiger partial charge in [0.15, 0.2) is 6.10 Å². The quantitative estimate of drug-likeness (QED) is 0.756. The molecule has 2 atom stereocenters. The van der Waals surface area contributed by atoms with Gasteiger partial charge in [-0.3, -0.25) is 4.90 Å². The number of rotatable bonds is 2. The van der Waals surface area contributed by atoms with Gasteiger partial charge in [-0.05, 0) is 12.5 Å². The lowest BCUT2D eigenvalue weighted by molar-refractivity contribution is -0.0365. The zero-order valence-corrected chi connectivity index (χ0v) is 9.47. The summed E-state index contributed by atoms with van der Waals surface area (Å²) >= 11 is 0. The zero-order chi connectivity index (χ0) is 11.4. The molecule has 0 spiro atoms. The molecular formula is C13H16N2O. The van der Waals surface area contributed by atoms with E-state index < -0.39 is 0 Å². The maximum Gasteiger partial charge on any atom is 0.156 e. The Balaban J connectivity index is 2.00. The molecule has 2 rings (SSSR count). The lowest BCUT2D eigenvalue weighted by Gasteiger charge is -2.35. The summed E-state index contributed by atoms with van der Waals surface area (Å²) in [7, 11) is 0. The van der Waals surface area contributed by atoms with E-state index in [4.69, 9.17) is 10.00 Å². The average Bonchev–Trinajstić information content (AvgIpc) is 2.33. The van der Waals surface area contributed by atoms with Gasteiger partial charge in [0.2, 0.25) is 0 Å². The van der Waals surface area contributed by atoms with Gasteiger partial charge in [0.1, 0.15) is 0 Å². The van der Waals surface area contributed by atoms with Crippen molar-refractivity contribution in [2.75, 3.05) is 13.2 Å². The summed E-state index contributed by atoms with van der Waals surface area (Å²) in [4.78, 5) is 2.30. The van der Waals surface area contributed by atoms with Crippen molar-refractivity contribution in [1.82, 2.24) is 4.90 Å². The highest BCUT2D eigenvalue weighted by Gasteiger charge is 2.25. The monoisotopic (exact) mass is 216 g/mol. The molecule has 3 nitrogen and oxygen atoms in total. The first-order chi connectivity index (χ1) is 7.79. The molecule has 1 aliphatic heterocycles. The van der Waals surface area contributed by atoms with Crippen molar-refractivity contribution in [3.05, 3.63) is 35.9 Å². The number of nitriles is 1. The Morgan fingerprint density at radius 3 is 2.88 bits per heavy atom. The predicted molar refractivity (Wildman–Crippen MR) is 61.7 cm³/mol. The Morgan fingerprint density at radius 1 is 1.44 bits per heavy atom. The Morgan fingerprint density at radius 2 is 2.19 bits per heavy atom. The van der Waals surface area contributed by atoms with Crippen molar-refractivity contribution in [3.8, 4) is 6.07 Å². The van der Waals surface area contributed by atoms with E-state index in [1.165, 1.54) is 5.56 Å². The van der Waals surface area contributed by atoms with E-state index in [9.17, 15) is 0 Å². The minimum Gasteiger partial charge on any atom is -0.360 e. The molecule has 1 heterocycles. The van der Waals surface area contributed by atoms with Gasteiger partial charge in [-0.2, -0.15) is 5.26 Å². The average molecular weight is 216 g/mol. The van der Waals surface area contributed by atoms with Gasteiger partial charge in [0.25, 0.3) is 0 Å².